The van der Waals surface area contributed by atoms with Gasteiger partial charge in [0.25, 0.3) is 0 Å². The van der Waals surface area contributed by atoms with Crippen molar-refractivity contribution in [2.75, 3.05) is 13.1 Å². The van der Waals surface area contributed by atoms with Gasteiger partial charge in [0.15, 0.2) is 0 Å². The Labute approximate surface area is 95.2 Å². The quantitative estimate of drug-likeness (QED) is 0.551. The van der Waals surface area contributed by atoms with Crippen LogP contribution in [-0.4, -0.2) is 41.1 Å². The zero-order valence-corrected chi connectivity index (χ0v) is 9.93. The predicted octanol–water partition coefficient (Wildman–Crippen LogP) is 1.21. The lowest BCUT2D eigenvalue weighted by atomic mass is 10.1. The molecule has 1 heterocycles. The molecule has 1 unspecified atom stereocenters. The smallest absolute Gasteiger partial charge is 0.410 e. The molecule has 1 amide bonds. The SMILES string of the molecule is CC(C)(C)OC(=O)N1CCC(C=NNO)C1. The number of carbonyl (C=O) groups excluding carboxylic acids is 1. The third-order valence-electron chi connectivity index (χ3n) is 2.22. The number of nitrogens with one attached hydrogen (secondary N) is 1. The molecule has 0 aliphatic carbocycles. The van der Waals surface area contributed by atoms with Gasteiger partial charge in [0, 0.05) is 25.2 Å². The molecule has 1 fully saturated rings. The Morgan fingerprint density at radius 3 is 2.88 bits per heavy atom. The fraction of sp³-hybridized carbons (Fsp3) is 0.800. The second kappa shape index (κ2) is 5.16. The van der Waals surface area contributed by atoms with E-state index in [-0.39, 0.29) is 12.0 Å². The first-order valence-electron chi connectivity index (χ1n) is 5.32. The summed E-state index contributed by atoms with van der Waals surface area (Å²) in [5.74, 6) is 0.173. The van der Waals surface area contributed by atoms with Crippen molar-refractivity contribution < 1.29 is 14.7 Å². The number of rotatable bonds is 2. The van der Waals surface area contributed by atoms with E-state index in [4.69, 9.17) is 9.94 Å². The molecule has 6 nitrogen and oxygen atoms in total. The first kappa shape index (κ1) is 12.8. The molecule has 0 aromatic rings. The van der Waals surface area contributed by atoms with Crippen LogP contribution in [0.15, 0.2) is 5.10 Å². The Morgan fingerprint density at radius 2 is 2.31 bits per heavy atom. The van der Waals surface area contributed by atoms with E-state index in [0.717, 1.165) is 6.42 Å². The van der Waals surface area contributed by atoms with Crippen LogP contribution in [-0.2, 0) is 4.74 Å². The van der Waals surface area contributed by atoms with E-state index in [0.29, 0.717) is 13.1 Å². The maximum absolute atomic E-state index is 11.7. The molecule has 16 heavy (non-hydrogen) atoms. The summed E-state index contributed by atoms with van der Waals surface area (Å²) >= 11 is 0. The van der Waals surface area contributed by atoms with Crippen molar-refractivity contribution in [3.05, 3.63) is 0 Å². The van der Waals surface area contributed by atoms with E-state index in [1.54, 1.807) is 16.7 Å². The van der Waals surface area contributed by atoms with Crippen molar-refractivity contribution in [3.8, 4) is 0 Å². The summed E-state index contributed by atoms with van der Waals surface area (Å²) in [4.78, 5) is 13.3. The monoisotopic (exact) mass is 229 g/mol. The molecule has 0 saturated carbocycles. The van der Waals surface area contributed by atoms with Crippen molar-refractivity contribution >= 4 is 12.3 Å². The molecular formula is C10H19N3O3. The molecular weight excluding hydrogens is 210 g/mol. The maximum Gasteiger partial charge on any atom is 0.410 e. The summed E-state index contributed by atoms with van der Waals surface area (Å²) in [6.45, 7) is 6.78. The Hall–Kier alpha value is -1.30. The van der Waals surface area contributed by atoms with Crippen molar-refractivity contribution in [3.63, 3.8) is 0 Å². The maximum atomic E-state index is 11.7. The number of carbonyl (C=O) groups is 1. The molecule has 0 spiro atoms. The van der Waals surface area contributed by atoms with Crippen LogP contribution in [0.2, 0.25) is 0 Å². The Bertz CT molecular complexity index is 273. The molecule has 92 valence electrons. The molecule has 0 aromatic carbocycles. The van der Waals surface area contributed by atoms with Gasteiger partial charge in [0.1, 0.15) is 5.60 Å². The second-order valence-corrected chi connectivity index (χ2v) is 4.85. The molecule has 1 aliphatic rings. The van der Waals surface area contributed by atoms with Crippen molar-refractivity contribution in [1.29, 1.82) is 0 Å². The summed E-state index contributed by atoms with van der Waals surface area (Å²) in [5.41, 5.74) is 1.25. The van der Waals surface area contributed by atoms with Gasteiger partial charge in [-0.3, -0.25) is 5.21 Å². The van der Waals surface area contributed by atoms with Gasteiger partial charge in [-0.25, -0.2) is 4.79 Å². The summed E-state index contributed by atoms with van der Waals surface area (Å²) in [6.07, 6.45) is 2.15. The lowest BCUT2D eigenvalue weighted by Gasteiger charge is -2.24. The van der Waals surface area contributed by atoms with Gasteiger partial charge in [-0.05, 0) is 27.2 Å². The predicted molar refractivity (Wildman–Crippen MR) is 59.3 cm³/mol. The number of ether oxygens (including phenoxy) is 1. The zero-order chi connectivity index (χ0) is 12.2. The van der Waals surface area contributed by atoms with E-state index in [2.05, 4.69) is 5.10 Å². The molecule has 1 saturated heterocycles. The molecule has 1 atom stereocenters. The lowest BCUT2D eigenvalue weighted by molar-refractivity contribution is 0.0292. The highest BCUT2D eigenvalue weighted by molar-refractivity contribution is 5.70. The van der Waals surface area contributed by atoms with E-state index in [1.807, 2.05) is 20.8 Å². The standard InChI is InChI=1S/C10H19N3O3/c1-10(2,3)16-9(14)13-5-4-8(7-13)6-11-12-15/h6,8,12,15H,4-5,7H2,1-3H3. The molecule has 0 aromatic heterocycles. The topological polar surface area (TPSA) is 74.2 Å². The normalized spacial score (nSPS) is 21.5. The van der Waals surface area contributed by atoms with Gasteiger partial charge < -0.3 is 9.64 Å². The Morgan fingerprint density at radius 1 is 1.62 bits per heavy atom. The average Bonchev–Trinajstić information content (AvgIpc) is 2.60. The minimum Gasteiger partial charge on any atom is -0.444 e. The highest BCUT2D eigenvalue weighted by Gasteiger charge is 2.28. The first-order valence-corrected chi connectivity index (χ1v) is 5.32. The van der Waals surface area contributed by atoms with E-state index in [9.17, 15) is 4.79 Å². The summed E-state index contributed by atoms with van der Waals surface area (Å²) in [6, 6.07) is 0. The first-order chi connectivity index (χ1) is 7.42. The zero-order valence-electron chi connectivity index (χ0n) is 9.93. The molecule has 0 radical (unpaired) electrons. The van der Waals surface area contributed by atoms with Gasteiger partial charge in [0.05, 0.1) is 0 Å². The van der Waals surface area contributed by atoms with Crippen LogP contribution >= 0.6 is 0 Å². The van der Waals surface area contributed by atoms with Crippen LogP contribution in [0.3, 0.4) is 0 Å². The number of hydrazone groups is 1. The largest absolute Gasteiger partial charge is 0.444 e. The molecule has 2 N–H and O–H groups in total. The third kappa shape index (κ3) is 4.06. The van der Waals surface area contributed by atoms with Gasteiger partial charge in [0.2, 0.25) is 0 Å². The lowest BCUT2D eigenvalue weighted by Crippen LogP contribution is -2.35. The van der Waals surface area contributed by atoms with Crippen LogP contribution in [0.1, 0.15) is 27.2 Å². The van der Waals surface area contributed by atoms with Crippen molar-refractivity contribution in [2.45, 2.75) is 32.8 Å². The number of hydrogen-bond acceptors (Lipinski definition) is 5. The third-order valence-corrected chi connectivity index (χ3v) is 2.22. The van der Waals surface area contributed by atoms with Gasteiger partial charge >= 0.3 is 6.09 Å². The highest BCUT2D eigenvalue weighted by Crippen LogP contribution is 2.18. The van der Waals surface area contributed by atoms with Crippen LogP contribution < -0.4 is 5.59 Å². The minimum atomic E-state index is -0.462. The van der Waals surface area contributed by atoms with E-state index in [1.165, 1.54) is 0 Å². The van der Waals surface area contributed by atoms with E-state index < -0.39 is 5.60 Å². The molecule has 0 bridgehead atoms. The summed E-state index contributed by atoms with van der Waals surface area (Å²) in [5, 5.41) is 11.8. The van der Waals surface area contributed by atoms with Gasteiger partial charge in [-0.1, -0.05) is 0 Å². The fourth-order valence-corrected chi connectivity index (χ4v) is 1.54. The number of likely N-dealkylation sites (tertiary alicyclic amines) is 1. The van der Waals surface area contributed by atoms with Crippen LogP contribution in [0.5, 0.6) is 0 Å². The average molecular weight is 229 g/mol. The Kier molecular flexibility index (Phi) is 4.12. The molecule has 1 aliphatic heterocycles. The van der Waals surface area contributed by atoms with Crippen molar-refractivity contribution in [1.82, 2.24) is 10.5 Å². The highest BCUT2D eigenvalue weighted by atomic mass is 16.6. The van der Waals surface area contributed by atoms with Crippen molar-refractivity contribution in [2.24, 2.45) is 11.0 Å². The van der Waals surface area contributed by atoms with E-state index >= 15 is 0 Å². The van der Waals surface area contributed by atoms with Gasteiger partial charge in [-0.2, -0.15) is 10.7 Å². The minimum absolute atomic E-state index is 0.173. The second-order valence-electron chi connectivity index (χ2n) is 4.85. The number of nitrogens with zero attached hydrogens (tertiary/aromatic N) is 2. The molecule has 6 heteroatoms. The van der Waals surface area contributed by atoms with Crippen LogP contribution in [0, 0.1) is 5.92 Å². The molecule has 1 rings (SSSR count). The van der Waals surface area contributed by atoms with Crippen LogP contribution in [0.4, 0.5) is 4.79 Å². The van der Waals surface area contributed by atoms with Gasteiger partial charge in [-0.15, -0.1) is 0 Å². The Balaban J connectivity index is 2.41. The van der Waals surface area contributed by atoms with Crippen LogP contribution in [0.25, 0.3) is 0 Å². The fourth-order valence-electron chi connectivity index (χ4n) is 1.54. The summed E-state index contributed by atoms with van der Waals surface area (Å²) < 4.78 is 5.25. The summed E-state index contributed by atoms with van der Waals surface area (Å²) in [7, 11) is 0. The number of hydrogen-bond donors (Lipinski definition) is 2. The number of amides is 1.